The van der Waals surface area contributed by atoms with Gasteiger partial charge >= 0.3 is 5.97 Å². The summed E-state index contributed by atoms with van der Waals surface area (Å²) in [6.45, 7) is 0.157. The van der Waals surface area contributed by atoms with Crippen LogP contribution in [0.1, 0.15) is 17.8 Å². The number of rotatable bonds is 3. The Morgan fingerprint density at radius 3 is 3.05 bits per heavy atom. The first kappa shape index (κ1) is 12.1. The number of benzene rings is 1. The molecular weight excluding hydrogens is 264 g/mol. The number of fused-ring (bicyclic) bond motifs is 1. The van der Waals surface area contributed by atoms with Crippen LogP contribution in [-0.2, 0) is 20.9 Å². The molecule has 0 saturated carbocycles. The monoisotopic (exact) mass is 276 g/mol. The van der Waals surface area contributed by atoms with E-state index in [1.54, 1.807) is 0 Å². The van der Waals surface area contributed by atoms with E-state index in [1.807, 2.05) is 24.3 Å². The van der Waals surface area contributed by atoms with Crippen molar-refractivity contribution < 1.29 is 14.3 Å². The van der Waals surface area contributed by atoms with Crippen molar-refractivity contribution in [3.05, 3.63) is 29.3 Å². The maximum absolute atomic E-state index is 11.7. The standard InChI is InChI=1S/C13H12N2O3S/c16-11-6-5-9(14-11)13(17)18-7-12-15-8-3-1-2-4-10(8)19-12/h1-4,9H,5-7H2,(H,14,16). The highest BCUT2D eigenvalue weighted by Crippen LogP contribution is 2.22. The molecular formula is C13H12N2O3S. The van der Waals surface area contributed by atoms with Gasteiger partial charge in [0.15, 0.2) is 0 Å². The first-order chi connectivity index (χ1) is 9.22. The van der Waals surface area contributed by atoms with Crippen molar-refractivity contribution in [2.75, 3.05) is 0 Å². The van der Waals surface area contributed by atoms with E-state index in [0.29, 0.717) is 12.8 Å². The van der Waals surface area contributed by atoms with Crippen LogP contribution >= 0.6 is 11.3 Å². The van der Waals surface area contributed by atoms with Crippen LogP contribution < -0.4 is 5.32 Å². The van der Waals surface area contributed by atoms with Gasteiger partial charge in [-0.05, 0) is 18.6 Å². The summed E-state index contributed by atoms with van der Waals surface area (Å²) in [6.07, 6.45) is 0.901. The van der Waals surface area contributed by atoms with Crippen LogP contribution in [0, 0.1) is 0 Å². The number of hydrogen-bond acceptors (Lipinski definition) is 5. The largest absolute Gasteiger partial charge is 0.457 e. The van der Waals surface area contributed by atoms with Crippen LogP contribution in [-0.4, -0.2) is 22.9 Å². The fourth-order valence-electron chi connectivity index (χ4n) is 2.01. The second-order valence-electron chi connectivity index (χ2n) is 4.34. The summed E-state index contributed by atoms with van der Waals surface area (Å²) in [5, 5.41) is 3.35. The van der Waals surface area contributed by atoms with E-state index in [2.05, 4.69) is 10.3 Å². The summed E-state index contributed by atoms with van der Waals surface area (Å²) < 4.78 is 6.26. The van der Waals surface area contributed by atoms with Crippen molar-refractivity contribution in [3.8, 4) is 0 Å². The Morgan fingerprint density at radius 1 is 1.47 bits per heavy atom. The maximum Gasteiger partial charge on any atom is 0.329 e. The molecule has 1 aliphatic rings. The Bertz CT molecular complexity index is 605. The molecule has 1 saturated heterocycles. The summed E-state index contributed by atoms with van der Waals surface area (Å²) in [5.74, 6) is -0.480. The number of nitrogens with zero attached hydrogens (tertiary/aromatic N) is 1. The SMILES string of the molecule is O=C1CCC(C(=O)OCc2nc3ccccc3s2)N1. The molecule has 98 valence electrons. The average Bonchev–Trinajstić information content (AvgIpc) is 3.01. The van der Waals surface area contributed by atoms with Gasteiger partial charge in [0, 0.05) is 6.42 Å². The molecule has 1 aromatic carbocycles. The van der Waals surface area contributed by atoms with Gasteiger partial charge in [0.1, 0.15) is 17.7 Å². The minimum atomic E-state index is -0.498. The Labute approximate surface area is 113 Å². The van der Waals surface area contributed by atoms with E-state index < -0.39 is 6.04 Å². The molecule has 1 aromatic heterocycles. The molecule has 1 N–H and O–H groups in total. The Hall–Kier alpha value is -1.95. The average molecular weight is 276 g/mol. The van der Waals surface area contributed by atoms with Crippen LogP contribution in [0.5, 0.6) is 0 Å². The topological polar surface area (TPSA) is 68.3 Å². The molecule has 1 fully saturated rings. The number of thiazole rings is 1. The van der Waals surface area contributed by atoms with Gasteiger partial charge in [0.25, 0.3) is 0 Å². The predicted octanol–water partition coefficient (Wildman–Crippen LogP) is 1.62. The highest BCUT2D eigenvalue weighted by atomic mass is 32.1. The van der Waals surface area contributed by atoms with Crippen molar-refractivity contribution in [3.63, 3.8) is 0 Å². The molecule has 19 heavy (non-hydrogen) atoms. The fourth-order valence-corrected chi connectivity index (χ4v) is 2.89. The molecule has 2 aromatic rings. The molecule has 1 unspecified atom stereocenters. The molecule has 0 radical (unpaired) electrons. The molecule has 2 heterocycles. The Morgan fingerprint density at radius 2 is 2.32 bits per heavy atom. The lowest BCUT2D eigenvalue weighted by atomic mass is 10.2. The maximum atomic E-state index is 11.7. The molecule has 1 aliphatic heterocycles. The highest BCUT2D eigenvalue weighted by molar-refractivity contribution is 7.18. The van der Waals surface area contributed by atoms with E-state index in [-0.39, 0.29) is 18.5 Å². The zero-order valence-corrected chi connectivity index (χ0v) is 10.9. The highest BCUT2D eigenvalue weighted by Gasteiger charge is 2.28. The van der Waals surface area contributed by atoms with E-state index in [9.17, 15) is 9.59 Å². The number of hydrogen-bond donors (Lipinski definition) is 1. The number of ether oxygens (including phenoxy) is 1. The van der Waals surface area contributed by atoms with Gasteiger partial charge in [-0.3, -0.25) is 4.79 Å². The van der Waals surface area contributed by atoms with Crippen molar-refractivity contribution >= 4 is 33.4 Å². The Kier molecular flexibility index (Phi) is 3.16. The molecule has 0 bridgehead atoms. The van der Waals surface area contributed by atoms with E-state index >= 15 is 0 Å². The number of carbonyl (C=O) groups excluding carboxylic acids is 2. The van der Waals surface area contributed by atoms with Crippen LogP contribution in [0.15, 0.2) is 24.3 Å². The summed E-state index contributed by atoms with van der Waals surface area (Å²) in [7, 11) is 0. The third-order valence-electron chi connectivity index (χ3n) is 2.96. The lowest BCUT2D eigenvalue weighted by Gasteiger charge is -2.08. The zero-order valence-electron chi connectivity index (χ0n) is 10.1. The van der Waals surface area contributed by atoms with Gasteiger partial charge in [0.05, 0.1) is 10.2 Å². The molecule has 0 aliphatic carbocycles. The number of amides is 1. The van der Waals surface area contributed by atoms with Crippen LogP contribution in [0.2, 0.25) is 0 Å². The summed E-state index contributed by atoms with van der Waals surface area (Å²) >= 11 is 1.51. The molecule has 6 heteroatoms. The Balaban J connectivity index is 1.62. The minimum absolute atomic E-state index is 0.0954. The normalized spacial score (nSPS) is 18.5. The number of aromatic nitrogens is 1. The van der Waals surface area contributed by atoms with E-state index in [0.717, 1.165) is 15.2 Å². The van der Waals surface area contributed by atoms with Crippen molar-refractivity contribution in [2.24, 2.45) is 0 Å². The fraction of sp³-hybridized carbons (Fsp3) is 0.308. The first-order valence-corrected chi connectivity index (χ1v) is 6.84. The second kappa shape index (κ2) is 4.97. The molecule has 1 amide bonds. The molecule has 3 rings (SSSR count). The van der Waals surface area contributed by atoms with Crippen molar-refractivity contribution in [2.45, 2.75) is 25.5 Å². The molecule has 1 atom stereocenters. The summed E-state index contributed by atoms with van der Waals surface area (Å²) in [4.78, 5) is 27.1. The number of esters is 1. The second-order valence-corrected chi connectivity index (χ2v) is 5.46. The molecule has 5 nitrogen and oxygen atoms in total. The van der Waals surface area contributed by atoms with E-state index in [1.165, 1.54) is 11.3 Å². The number of para-hydroxylation sites is 1. The smallest absolute Gasteiger partial charge is 0.329 e. The lowest BCUT2D eigenvalue weighted by molar-refractivity contribution is -0.147. The van der Waals surface area contributed by atoms with Gasteiger partial charge in [-0.2, -0.15) is 0 Å². The summed E-state index contributed by atoms with van der Waals surface area (Å²) in [6, 6.07) is 7.28. The van der Waals surface area contributed by atoms with Crippen LogP contribution in [0.3, 0.4) is 0 Å². The third-order valence-corrected chi connectivity index (χ3v) is 3.97. The van der Waals surface area contributed by atoms with Crippen molar-refractivity contribution in [1.29, 1.82) is 0 Å². The van der Waals surface area contributed by atoms with Gasteiger partial charge in [-0.1, -0.05) is 12.1 Å². The predicted molar refractivity (Wildman–Crippen MR) is 70.6 cm³/mol. The quantitative estimate of drug-likeness (QED) is 0.865. The molecule has 0 spiro atoms. The third kappa shape index (κ3) is 2.58. The van der Waals surface area contributed by atoms with Crippen LogP contribution in [0.25, 0.3) is 10.2 Å². The number of carbonyl (C=O) groups is 2. The number of nitrogens with one attached hydrogen (secondary N) is 1. The zero-order chi connectivity index (χ0) is 13.2. The van der Waals surface area contributed by atoms with Gasteiger partial charge < -0.3 is 10.1 Å². The lowest BCUT2D eigenvalue weighted by Crippen LogP contribution is -2.34. The van der Waals surface area contributed by atoms with Crippen LogP contribution in [0.4, 0.5) is 0 Å². The minimum Gasteiger partial charge on any atom is -0.457 e. The van der Waals surface area contributed by atoms with E-state index in [4.69, 9.17) is 4.74 Å². The van der Waals surface area contributed by atoms with Gasteiger partial charge in [-0.15, -0.1) is 11.3 Å². The first-order valence-electron chi connectivity index (χ1n) is 6.03. The summed E-state index contributed by atoms with van der Waals surface area (Å²) in [5.41, 5.74) is 0.910. The van der Waals surface area contributed by atoms with Crippen molar-refractivity contribution in [1.82, 2.24) is 10.3 Å². The van der Waals surface area contributed by atoms with Gasteiger partial charge in [-0.25, -0.2) is 9.78 Å². The van der Waals surface area contributed by atoms with Gasteiger partial charge in [0.2, 0.25) is 5.91 Å².